The number of halogens is 1. The van der Waals surface area contributed by atoms with Gasteiger partial charge in [-0.3, -0.25) is 5.43 Å². The summed E-state index contributed by atoms with van der Waals surface area (Å²) in [6, 6.07) is 14.1. The van der Waals surface area contributed by atoms with E-state index in [0.717, 1.165) is 18.4 Å². The van der Waals surface area contributed by atoms with E-state index in [1.807, 2.05) is 6.07 Å². The zero-order valence-corrected chi connectivity index (χ0v) is 16.9. The van der Waals surface area contributed by atoms with Crippen molar-refractivity contribution in [1.29, 1.82) is 0 Å². The first kappa shape index (κ1) is 20.3. The van der Waals surface area contributed by atoms with Crippen molar-refractivity contribution >= 4 is 41.1 Å². The maximum absolute atomic E-state index is 12.2. The molecule has 0 atom stereocenters. The average Bonchev–Trinajstić information content (AvgIpc) is 2.69. The van der Waals surface area contributed by atoms with Gasteiger partial charge in [0.05, 0.1) is 11.8 Å². The molecular formula is C21H22ClN3O2S. The summed E-state index contributed by atoms with van der Waals surface area (Å²) in [7, 11) is 0. The standard InChI is InChI=1S/C21H22ClN3O2S/c22-17-11-9-16(10-12-17)20(26)27-19-8-4-5-15(13-19)14-23-25-21(28)24-18-6-2-1-3-7-18/h4-5,8-14,18H,1-3,6-7H2,(H2,24,25,28). The lowest BCUT2D eigenvalue weighted by Crippen LogP contribution is -2.40. The Labute approximate surface area is 175 Å². The van der Waals surface area contributed by atoms with Crippen molar-refractivity contribution in [1.82, 2.24) is 10.7 Å². The molecule has 3 rings (SSSR count). The Kier molecular flexibility index (Phi) is 7.39. The van der Waals surface area contributed by atoms with Crippen molar-refractivity contribution in [2.45, 2.75) is 38.1 Å². The highest BCUT2D eigenvalue weighted by Gasteiger charge is 2.13. The van der Waals surface area contributed by atoms with Crippen LogP contribution in [0, 0.1) is 0 Å². The van der Waals surface area contributed by atoms with Crippen molar-refractivity contribution in [3.63, 3.8) is 0 Å². The number of thiocarbonyl (C=S) groups is 1. The van der Waals surface area contributed by atoms with E-state index in [9.17, 15) is 4.79 Å². The molecule has 146 valence electrons. The maximum Gasteiger partial charge on any atom is 0.343 e. The quantitative estimate of drug-likeness (QED) is 0.244. The Morgan fingerprint density at radius 2 is 1.89 bits per heavy atom. The van der Waals surface area contributed by atoms with Gasteiger partial charge in [-0.1, -0.05) is 43.0 Å². The Hall–Kier alpha value is -2.44. The van der Waals surface area contributed by atoms with Crippen LogP contribution in [-0.2, 0) is 0 Å². The Bertz CT molecular complexity index is 849. The monoisotopic (exact) mass is 415 g/mol. The van der Waals surface area contributed by atoms with Crippen LogP contribution in [0.15, 0.2) is 53.6 Å². The minimum atomic E-state index is -0.443. The highest BCUT2D eigenvalue weighted by atomic mass is 35.5. The van der Waals surface area contributed by atoms with E-state index in [4.69, 9.17) is 28.6 Å². The fraction of sp³-hybridized carbons (Fsp3) is 0.286. The second-order valence-electron chi connectivity index (χ2n) is 6.65. The molecule has 0 unspecified atom stereocenters. The number of nitrogens with one attached hydrogen (secondary N) is 2. The van der Waals surface area contributed by atoms with Gasteiger partial charge in [0.25, 0.3) is 0 Å². The molecule has 1 aliphatic rings. The van der Waals surface area contributed by atoms with Gasteiger partial charge >= 0.3 is 5.97 Å². The number of esters is 1. The van der Waals surface area contributed by atoms with Crippen LogP contribution in [0.1, 0.15) is 48.0 Å². The van der Waals surface area contributed by atoms with Crippen LogP contribution in [0.3, 0.4) is 0 Å². The van der Waals surface area contributed by atoms with Gasteiger partial charge in [0.15, 0.2) is 5.11 Å². The number of nitrogens with zero attached hydrogens (tertiary/aromatic N) is 1. The van der Waals surface area contributed by atoms with Gasteiger partial charge in [-0.05, 0) is 67.0 Å². The molecule has 5 nitrogen and oxygen atoms in total. The predicted molar refractivity (Wildman–Crippen MR) is 116 cm³/mol. The third-order valence-corrected chi connectivity index (χ3v) is 4.93. The summed E-state index contributed by atoms with van der Waals surface area (Å²) in [6.45, 7) is 0. The molecule has 1 aliphatic carbocycles. The van der Waals surface area contributed by atoms with Crippen molar-refractivity contribution in [2.24, 2.45) is 5.10 Å². The molecule has 0 spiro atoms. The molecule has 2 N–H and O–H groups in total. The van der Waals surface area contributed by atoms with E-state index in [2.05, 4.69) is 15.8 Å². The van der Waals surface area contributed by atoms with Crippen LogP contribution in [0.2, 0.25) is 5.02 Å². The smallest absolute Gasteiger partial charge is 0.343 e. The largest absolute Gasteiger partial charge is 0.423 e. The number of hydrogen-bond acceptors (Lipinski definition) is 4. The highest BCUT2D eigenvalue weighted by Crippen LogP contribution is 2.17. The third kappa shape index (κ3) is 6.32. The van der Waals surface area contributed by atoms with E-state index in [1.165, 1.54) is 19.3 Å². The Balaban J connectivity index is 1.52. The molecule has 7 heteroatoms. The highest BCUT2D eigenvalue weighted by molar-refractivity contribution is 7.80. The van der Waals surface area contributed by atoms with Crippen LogP contribution in [0.4, 0.5) is 0 Å². The van der Waals surface area contributed by atoms with Gasteiger partial charge < -0.3 is 10.1 Å². The molecule has 0 amide bonds. The van der Waals surface area contributed by atoms with Crippen LogP contribution in [-0.4, -0.2) is 23.3 Å². The molecular weight excluding hydrogens is 394 g/mol. The van der Waals surface area contributed by atoms with E-state index in [0.29, 0.717) is 27.5 Å². The molecule has 2 aromatic rings. The topological polar surface area (TPSA) is 62.7 Å². The number of carbonyl (C=O) groups is 1. The molecule has 0 heterocycles. The third-order valence-electron chi connectivity index (χ3n) is 4.47. The first-order chi connectivity index (χ1) is 13.6. The van der Waals surface area contributed by atoms with E-state index >= 15 is 0 Å². The fourth-order valence-corrected chi connectivity index (χ4v) is 3.39. The van der Waals surface area contributed by atoms with E-state index < -0.39 is 5.97 Å². The van der Waals surface area contributed by atoms with Gasteiger partial charge in [-0.15, -0.1) is 0 Å². The summed E-state index contributed by atoms with van der Waals surface area (Å²) in [5, 5.41) is 8.54. The fourth-order valence-electron chi connectivity index (χ4n) is 3.04. The Morgan fingerprint density at radius 1 is 1.14 bits per heavy atom. The summed E-state index contributed by atoms with van der Waals surface area (Å²) in [4.78, 5) is 12.2. The normalized spacial score (nSPS) is 14.6. The zero-order valence-electron chi connectivity index (χ0n) is 15.4. The Morgan fingerprint density at radius 3 is 2.64 bits per heavy atom. The molecule has 1 fully saturated rings. The molecule has 1 saturated carbocycles. The lowest BCUT2D eigenvalue weighted by Gasteiger charge is -2.23. The number of benzene rings is 2. The van der Waals surface area contributed by atoms with E-state index in [-0.39, 0.29) is 0 Å². The molecule has 0 saturated heterocycles. The van der Waals surface area contributed by atoms with E-state index in [1.54, 1.807) is 48.7 Å². The van der Waals surface area contributed by atoms with Gasteiger partial charge in [-0.2, -0.15) is 5.10 Å². The van der Waals surface area contributed by atoms with Gasteiger partial charge in [0.2, 0.25) is 0 Å². The number of hydrazone groups is 1. The molecule has 28 heavy (non-hydrogen) atoms. The molecule has 2 aromatic carbocycles. The molecule has 0 aromatic heterocycles. The SMILES string of the molecule is O=C(Oc1cccc(C=NNC(=S)NC2CCCCC2)c1)c1ccc(Cl)cc1. The van der Waals surface area contributed by atoms with Gasteiger partial charge in [0, 0.05) is 11.1 Å². The minimum Gasteiger partial charge on any atom is -0.423 e. The molecule has 0 aliphatic heterocycles. The lowest BCUT2D eigenvalue weighted by atomic mass is 9.96. The molecule has 0 bridgehead atoms. The summed E-state index contributed by atoms with van der Waals surface area (Å²) >= 11 is 11.1. The van der Waals surface area contributed by atoms with Crippen LogP contribution < -0.4 is 15.5 Å². The van der Waals surface area contributed by atoms with Crippen molar-refractivity contribution in [2.75, 3.05) is 0 Å². The summed E-state index contributed by atoms with van der Waals surface area (Å²) in [5.74, 6) is -0.00597. The lowest BCUT2D eigenvalue weighted by molar-refractivity contribution is 0.0735. The summed E-state index contributed by atoms with van der Waals surface area (Å²) < 4.78 is 5.41. The molecule has 0 radical (unpaired) electrons. The second-order valence-corrected chi connectivity index (χ2v) is 7.49. The number of hydrogen-bond donors (Lipinski definition) is 2. The number of rotatable bonds is 5. The minimum absolute atomic E-state index is 0.430. The maximum atomic E-state index is 12.2. The predicted octanol–water partition coefficient (Wildman–Crippen LogP) is 4.69. The van der Waals surface area contributed by atoms with Crippen molar-refractivity contribution in [3.8, 4) is 5.75 Å². The number of carbonyl (C=O) groups excluding carboxylic acids is 1. The summed E-state index contributed by atoms with van der Waals surface area (Å²) in [6.07, 6.45) is 7.71. The first-order valence-corrected chi connectivity index (χ1v) is 10.1. The zero-order chi connectivity index (χ0) is 19.8. The average molecular weight is 416 g/mol. The van der Waals surface area contributed by atoms with Crippen LogP contribution in [0.5, 0.6) is 5.75 Å². The van der Waals surface area contributed by atoms with Crippen molar-refractivity contribution < 1.29 is 9.53 Å². The first-order valence-electron chi connectivity index (χ1n) is 9.27. The summed E-state index contributed by atoms with van der Waals surface area (Å²) in [5.41, 5.74) is 4.06. The van der Waals surface area contributed by atoms with Crippen LogP contribution in [0.25, 0.3) is 0 Å². The van der Waals surface area contributed by atoms with Crippen molar-refractivity contribution in [3.05, 3.63) is 64.7 Å². The van der Waals surface area contributed by atoms with Crippen LogP contribution >= 0.6 is 23.8 Å². The second kappa shape index (κ2) is 10.2. The van der Waals surface area contributed by atoms with Gasteiger partial charge in [0.1, 0.15) is 5.75 Å². The number of ether oxygens (including phenoxy) is 1. The van der Waals surface area contributed by atoms with Gasteiger partial charge in [-0.25, -0.2) is 4.79 Å².